The number of nitrogens with zero attached hydrogens (tertiary/aromatic N) is 1. The standard InChI is InChI=1S/C29H17BrN2O4/c30-23-7-3-2-6-21(23)28-32-24-16-20(13-14-26(24)35-28)31-27(33)18-11-9-17(10-12-18)22-15-19-5-1-4-8-25(19)36-29(22)34/h1-16H,(H,31,33). The summed E-state index contributed by atoms with van der Waals surface area (Å²) in [6.45, 7) is 0. The average Bonchev–Trinajstić information content (AvgIpc) is 3.32. The highest BCUT2D eigenvalue weighted by atomic mass is 79.9. The molecule has 0 unspecified atom stereocenters. The number of carbonyl (C=O) groups excluding carboxylic acids is 1. The highest BCUT2D eigenvalue weighted by Gasteiger charge is 2.14. The molecule has 0 aliphatic heterocycles. The number of oxazole rings is 1. The van der Waals surface area contributed by atoms with E-state index < -0.39 is 5.63 Å². The third-order valence-corrected chi connectivity index (χ3v) is 6.54. The Labute approximate surface area is 213 Å². The first-order chi connectivity index (χ1) is 17.5. The summed E-state index contributed by atoms with van der Waals surface area (Å²) in [6.07, 6.45) is 0. The summed E-state index contributed by atoms with van der Waals surface area (Å²) < 4.78 is 12.2. The quantitative estimate of drug-likeness (QED) is 0.239. The maximum absolute atomic E-state index is 12.9. The number of rotatable bonds is 4. The van der Waals surface area contributed by atoms with E-state index in [-0.39, 0.29) is 5.91 Å². The number of nitrogens with one attached hydrogen (secondary N) is 1. The summed E-state index contributed by atoms with van der Waals surface area (Å²) >= 11 is 3.52. The van der Waals surface area contributed by atoms with Crippen LogP contribution in [0.15, 0.2) is 115 Å². The average molecular weight is 537 g/mol. The van der Waals surface area contributed by atoms with Crippen molar-refractivity contribution in [1.82, 2.24) is 4.98 Å². The van der Waals surface area contributed by atoms with E-state index in [1.807, 2.05) is 42.5 Å². The molecule has 0 saturated heterocycles. The zero-order chi connectivity index (χ0) is 24.6. The number of hydrogen-bond donors (Lipinski definition) is 1. The zero-order valence-corrected chi connectivity index (χ0v) is 20.3. The maximum Gasteiger partial charge on any atom is 0.344 e. The molecule has 0 saturated carbocycles. The molecule has 0 atom stereocenters. The summed E-state index contributed by atoms with van der Waals surface area (Å²) in [5.74, 6) is 0.218. The Balaban J connectivity index is 1.23. The van der Waals surface area contributed by atoms with E-state index >= 15 is 0 Å². The van der Waals surface area contributed by atoms with Crippen LogP contribution in [-0.4, -0.2) is 10.9 Å². The number of aromatic nitrogens is 1. The van der Waals surface area contributed by atoms with Gasteiger partial charge < -0.3 is 14.2 Å². The van der Waals surface area contributed by atoms with E-state index in [9.17, 15) is 9.59 Å². The molecule has 1 amide bonds. The highest BCUT2D eigenvalue weighted by Crippen LogP contribution is 2.31. The molecular formula is C29H17BrN2O4. The predicted octanol–water partition coefficient (Wildman–Crippen LogP) is 7.28. The van der Waals surface area contributed by atoms with Crippen LogP contribution >= 0.6 is 15.9 Å². The van der Waals surface area contributed by atoms with Gasteiger partial charge in [0, 0.05) is 21.1 Å². The van der Waals surface area contributed by atoms with Crippen LogP contribution in [0.5, 0.6) is 0 Å². The number of amides is 1. The third kappa shape index (κ3) is 4.10. The number of benzene rings is 4. The number of hydrogen-bond acceptors (Lipinski definition) is 5. The second kappa shape index (κ2) is 8.94. The monoisotopic (exact) mass is 536 g/mol. The fourth-order valence-electron chi connectivity index (χ4n) is 4.02. The first-order valence-corrected chi connectivity index (χ1v) is 11.9. The molecule has 0 spiro atoms. The molecule has 4 aromatic carbocycles. The molecule has 6 nitrogen and oxygen atoms in total. The normalized spacial score (nSPS) is 11.1. The molecular weight excluding hydrogens is 520 g/mol. The maximum atomic E-state index is 12.9. The molecule has 6 aromatic rings. The lowest BCUT2D eigenvalue weighted by molar-refractivity contribution is 0.102. The molecule has 6 rings (SSSR count). The van der Waals surface area contributed by atoms with E-state index in [0.717, 1.165) is 15.4 Å². The lowest BCUT2D eigenvalue weighted by Crippen LogP contribution is -2.11. The van der Waals surface area contributed by atoms with Crippen LogP contribution in [0.1, 0.15) is 10.4 Å². The van der Waals surface area contributed by atoms with Crippen molar-refractivity contribution < 1.29 is 13.6 Å². The second-order valence-electron chi connectivity index (χ2n) is 8.20. The van der Waals surface area contributed by atoms with Gasteiger partial charge in [-0.1, -0.05) is 42.5 Å². The summed E-state index contributed by atoms with van der Waals surface area (Å²) in [5.41, 5.74) is 4.39. The van der Waals surface area contributed by atoms with E-state index in [4.69, 9.17) is 8.83 Å². The van der Waals surface area contributed by atoms with Crippen LogP contribution in [-0.2, 0) is 0 Å². The largest absolute Gasteiger partial charge is 0.436 e. The minimum atomic E-state index is -0.422. The first-order valence-electron chi connectivity index (χ1n) is 11.2. The van der Waals surface area contributed by atoms with Crippen molar-refractivity contribution in [2.75, 3.05) is 5.32 Å². The van der Waals surface area contributed by atoms with Gasteiger partial charge in [0.15, 0.2) is 5.58 Å². The lowest BCUT2D eigenvalue weighted by Gasteiger charge is -2.07. The molecule has 0 bridgehead atoms. The van der Waals surface area contributed by atoms with Gasteiger partial charge in [-0.25, -0.2) is 9.78 Å². The van der Waals surface area contributed by atoms with E-state index in [1.165, 1.54) is 0 Å². The van der Waals surface area contributed by atoms with Crippen molar-refractivity contribution >= 4 is 49.6 Å². The second-order valence-corrected chi connectivity index (χ2v) is 9.05. The van der Waals surface area contributed by atoms with Crippen LogP contribution < -0.4 is 10.9 Å². The minimum Gasteiger partial charge on any atom is -0.436 e. The fourth-order valence-corrected chi connectivity index (χ4v) is 4.48. The van der Waals surface area contributed by atoms with Gasteiger partial charge in [0.2, 0.25) is 5.89 Å². The van der Waals surface area contributed by atoms with Crippen molar-refractivity contribution in [3.63, 3.8) is 0 Å². The Bertz CT molecular complexity index is 1820. The third-order valence-electron chi connectivity index (χ3n) is 5.85. The van der Waals surface area contributed by atoms with Crippen molar-refractivity contribution in [2.24, 2.45) is 0 Å². The Morgan fingerprint density at radius 1 is 0.778 bits per heavy atom. The van der Waals surface area contributed by atoms with Crippen molar-refractivity contribution in [1.29, 1.82) is 0 Å². The Morgan fingerprint density at radius 3 is 2.39 bits per heavy atom. The Morgan fingerprint density at radius 2 is 1.56 bits per heavy atom. The van der Waals surface area contributed by atoms with Crippen LogP contribution in [0.25, 0.3) is 44.7 Å². The van der Waals surface area contributed by atoms with Crippen LogP contribution in [0, 0.1) is 0 Å². The number of anilines is 1. The minimum absolute atomic E-state index is 0.277. The van der Waals surface area contributed by atoms with Crippen molar-refractivity contribution in [2.45, 2.75) is 0 Å². The fraction of sp³-hybridized carbons (Fsp3) is 0. The summed E-state index contributed by atoms with van der Waals surface area (Å²) in [6, 6.07) is 29.0. The van der Waals surface area contributed by atoms with Crippen LogP contribution in [0.4, 0.5) is 5.69 Å². The lowest BCUT2D eigenvalue weighted by atomic mass is 10.0. The van der Waals surface area contributed by atoms with Gasteiger partial charge in [-0.05, 0) is 76.1 Å². The van der Waals surface area contributed by atoms with Gasteiger partial charge in [-0.2, -0.15) is 0 Å². The molecule has 0 fully saturated rings. The Hall–Kier alpha value is -4.49. The molecule has 0 aliphatic rings. The molecule has 7 heteroatoms. The summed E-state index contributed by atoms with van der Waals surface area (Å²) in [5, 5.41) is 3.73. The topological polar surface area (TPSA) is 85.3 Å². The smallest absolute Gasteiger partial charge is 0.344 e. The molecule has 2 heterocycles. The number of halogens is 1. The number of carbonyl (C=O) groups is 1. The van der Waals surface area contributed by atoms with Crippen molar-refractivity contribution in [3.8, 4) is 22.6 Å². The number of para-hydroxylation sites is 1. The zero-order valence-electron chi connectivity index (χ0n) is 18.7. The van der Waals surface area contributed by atoms with Gasteiger partial charge in [-0.15, -0.1) is 0 Å². The van der Waals surface area contributed by atoms with E-state index in [2.05, 4.69) is 26.2 Å². The van der Waals surface area contributed by atoms with E-state index in [1.54, 1.807) is 54.6 Å². The first kappa shape index (κ1) is 22.0. The summed E-state index contributed by atoms with van der Waals surface area (Å²) in [4.78, 5) is 29.9. The van der Waals surface area contributed by atoms with Crippen LogP contribution in [0.3, 0.4) is 0 Å². The molecule has 2 aromatic heterocycles. The number of fused-ring (bicyclic) bond motifs is 2. The Kier molecular flexibility index (Phi) is 5.47. The predicted molar refractivity (Wildman–Crippen MR) is 143 cm³/mol. The van der Waals surface area contributed by atoms with Gasteiger partial charge in [0.05, 0.1) is 11.1 Å². The van der Waals surface area contributed by atoms with Crippen molar-refractivity contribution in [3.05, 3.63) is 118 Å². The summed E-state index contributed by atoms with van der Waals surface area (Å²) in [7, 11) is 0. The van der Waals surface area contributed by atoms with Gasteiger partial charge in [0.1, 0.15) is 11.1 Å². The van der Waals surface area contributed by atoms with Gasteiger partial charge in [0.25, 0.3) is 5.91 Å². The SMILES string of the molecule is O=C(Nc1ccc2oc(-c3ccccc3Br)nc2c1)c1ccc(-c2cc3ccccc3oc2=O)cc1. The van der Waals surface area contributed by atoms with E-state index in [0.29, 0.717) is 45.0 Å². The van der Waals surface area contributed by atoms with Crippen LogP contribution in [0.2, 0.25) is 0 Å². The molecule has 36 heavy (non-hydrogen) atoms. The highest BCUT2D eigenvalue weighted by molar-refractivity contribution is 9.10. The molecule has 0 radical (unpaired) electrons. The van der Waals surface area contributed by atoms with Gasteiger partial charge in [-0.3, -0.25) is 4.79 Å². The molecule has 0 aliphatic carbocycles. The molecule has 1 N–H and O–H groups in total. The van der Waals surface area contributed by atoms with Gasteiger partial charge >= 0.3 is 5.63 Å². The molecule has 174 valence electrons.